The fourth-order valence-corrected chi connectivity index (χ4v) is 8.55. The molecule has 6 unspecified atom stereocenters. The van der Waals surface area contributed by atoms with Gasteiger partial charge in [-0.3, -0.25) is 33.8 Å². The normalized spacial score (nSPS) is 26.1. The second kappa shape index (κ2) is 14.6. The molecule has 0 bridgehead atoms. The molecule has 5 amide bonds. The van der Waals surface area contributed by atoms with Crippen molar-refractivity contribution >= 4 is 35.3 Å². The van der Waals surface area contributed by atoms with Crippen LogP contribution in [0.5, 0.6) is 0 Å². The number of carbonyl (C=O) groups excluding carboxylic acids is 6. The van der Waals surface area contributed by atoms with Crippen molar-refractivity contribution in [3.05, 3.63) is 24.3 Å². The van der Waals surface area contributed by atoms with E-state index in [0.717, 1.165) is 64.2 Å². The Morgan fingerprint density at radius 2 is 1.61 bits per heavy atom. The van der Waals surface area contributed by atoms with E-state index in [0.29, 0.717) is 13.0 Å². The summed E-state index contributed by atoms with van der Waals surface area (Å²) in [5.74, 6) is -2.99. The zero-order valence-corrected chi connectivity index (χ0v) is 30.7. The molecular weight excluding hydrogens is 650 g/mol. The van der Waals surface area contributed by atoms with Crippen LogP contribution in [-0.4, -0.2) is 86.9 Å². The number of hydrogen-bond donors (Lipinski definition) is 4. The topological polar surface area (TPSA) is 180 Å². The lowest BCUT2D eigenvalue weighted by Crippen LogP contribution is -2.63. The molecule has 1 aromatic rings. The number of Topliss-reactive ketones (excluding diaryl/α,β-unsaturated/α-hetero) is 1. The van der Waals surface area contributed by atoms with Crippen molar-refractivity contribution in [1.82, 2.24) is 36.1 Å². The summed E-state index contributed by atoms with van der Waals surface area (Å²) in [5, 5.41) is 11.6. The maximum atomic E-state index is 14.6. The Morgan fingerprint density at radius 1 is 0.902 bits per heavy atom. The van der Waals surface area contributed by atoms with Crippen LogP contribution in [0.25, 0.3) is 0 Å². The van der Waals surface area contributed by atoms with Gasteiger partial charge in [0.25, 0.3) is 11.8 Å². The zero-order chi connectivity index (χ0) is 36.7. The minimum absolute atomic E-state index is 0.0139. The van der Waals surface area contributed by atoms with Crippen LogP contribution in [0.4, 0.5) is 0 Å². The highest BCUT2D eigenvalue weighted by atomic mass is 16.2. The highest BCUT2D eigenvalue weighted by Crippen LogP contribution is 2.65. The lowest BCUT2D eigenvalue weighted by atomic mass is 9.80. The molecule has 4 aliphatic carbocycles. The average Bonchev–Trinajstić information content (AvgIpc) is 3.93. The molecule has 4 saturated carbocycles. The molecule has 5 aliphatic rings. The van der Waals surface area contributed by atoms with Gasteiger partial charge in [-0.2, -0.15) is 0 Å². The number of piperidine rings is 1. The van der Waals surface area contributed by atoms with E-state index >= 15 is 0 Å². The van der Waals surface area contributed by atoms with Crippen LogP contribution in [0.15, 0.2) is 18.6 Å². The predicted molar refractivity (Wildman–Crippen MR) is 188 cm³/mol. The van der Waals surface area contributed by atoms with E-state index < -0.39 is 59.0 Å². The first-order chi connectivity index (χ1) is 24.2. The van der Waals surface area contributed by atoms with Crippen molar-refractivity contribution in [3.63, 3.8) is 0 Å². The molecule has 5 fully saturated rings. The Hall–Kier alpha value is -3.90. The van der Waals surface area contributed by atoms with E-state index in [2.05, 4.69) is 45.1 Å². The highest BCUT2D eigenvalue weighted by molar-refractivity contribution is 6.38. The Labute approximate surface area is 300 Å². The van der Waals surface area contributed by atoms with Gasteiger partial charge in [0, 0.05) is 25.0 Å². The standard InChI is InChI=1S/C38H55N7O6/c1-37(2,3)31(44-33(48)28(22-12-7-6-8-13-22)43-32(47)26-19-39-16-17-40-26)36(51)45-20-24-27(38(24,4)5)29(45)34(49)42-25(18-21-10-9-11-21)30(46)35(50)41-23-14-15-23/h16-17,19,21-25,27-29,31H,6-15,18,20H2,1-5H3,(H,41,50)(H,42,49)(H,43,47)(H,44,48). The van der Waals surface area contributed by atoms with Gasteiger partial charge in [-0.05, 0) is 66.6 Å². The molecule has 6 rings (SSSR count). The molecule has 1 saturated heterocycles. The molecule has 4 N–H and O–H groups in total. The molecule has 1 aliphatic heterocycles. The van der Waals surface area contributed by atoms with E-state index in [1.165, 1.54) is 18.6 Å². The van der Waals surface area contributed by atoms with Crippen molar-refractivity contribution in [2.45, 2.75) is 135 Å². The van der Waals surface area contributed by atoms with E-state index in [4.69, 9.17) is 0 Å². The van der Waals surface area contributed by atoms with Crippen LogP contribution in [-0.2, 0) is 24.0 Å². The number of hydrogen-bond acceptors (Lipinski definition) is 8. The third kappa shape index (κ3) is 8.12. The van der Waals surface area contributed by atoms with Crippen molar-refractivity contribution in [2.24, 2.45) is 34.5 Å². The minimum atomic E-state index is -1.00. The van der Waals surface area contributed by atoms with Crippen molar-refractivity contribution in [3.8, 4) is 0 Å². The summed E-state index contributed by atoms with van der Waals surface area (Å²) >= 11 is 0. The Kier molecular flexibility index (Phi) is 10.6. The maximum absolute atomic E-state index is 14.6. The molecule has 0 spiro atoms. The molecule has 0 radical (unpaired) electrons. The van der Waals surface area contributed by atoms with Crippen LogP contribution >= 0.6 is 0 Å². The molecule has 278 valence electrons. The summed E-state index contributed by atoms with van der Waals surface area (Å²) < 4.78 is 0. The van der Waals surface area contributed by atoms with Gasteiger partial charge in [0.15, 0.2) is 0 Å². The van der Waals surface area contributed by atoms with Gasteiger partial charge in [0.2, 0.25) is 23.5 Å². The largest absolute Gasteiger partial charge is 0.347 e. The summed E-state index contributed by atoms with van der Waals surface area (Å²) in [6, 6.07) is -3.70. The van der Waals surface area contributed by atoms with E-state index in [9.17, 15) is 28.8 Å². The second-order valence-electron chi connectivity index (χ2n) is 17.3. The highest BCUT2D eigenvalue weighted by Gasteiger charge is 2.70. The molecular formula is C38H55N7O6. The van der Waals surface area contributed by atoms with Gasteiger partial charge < -0.3 is 26.2 Å². The van der Waals surface area contributed by atoms with Crippen molar-refractivity contribution in [1.29, 1.82) is 0 Å². The predicted octanol–water partition coefficient (Wildman–Crippen LogP) is 2.69. The van der Waals surface area contributed by atoms with Crippen LogP contribution in [0, 0.1) is 34.5 Å². The first-order valence-corrected chi connectivity index (χ1v) is 19.0. The van der Waals surface area contributed by atoms with Crippen LogP contribution in [0.2, 0.25) is 0 Å². The molecule has 51 heavy (non-hydrogen) atoms. The first kappa shape index (κ1) is 36.9. The van der Waals surface area contributed by atoms with Gasteiger partial charge in [0.05, 0.1) is 12.2 Å². The molecule has 2 heterocycles. The number of amides is 5. The van der Waals surface area contributed by atoms with Crippen LogP contribution in [0.3, 0.4) is 0 Å². The third-order valence-electron chi connectivity index (χ3n) is 12.2. The third-order valence-corrected chi connectivity index (χ3v) is 12.2. The van der Waals surface area contributed by atoms with Crippen molar-refractivity contribution in [2.75, 3.05) is 6.54 Å². The number of rotatable bonds is 13. The Balaban J connectivity index is 1.21. The second-order valence-corrected chi connectivity index (χ2v) is 17.3. The molecule has 6 atom stereocenters. The monoisotopic (exact) mass is 705 g/mol. The summed E-state index contributed by atoms with van der Waals surface area (Å²) in [6.07, 6.45) is 13.7. The number of ketones is 1. The van der Waals surface area contributed by atoms with Crippen molar-refractivity contribution < 1.29 is 28.8 Å². The smallest absolute Gasteiger partial charge is 0.289 e. The molecule has 13 nitrogen and oxygen atoms in total. The molecule has 13 heteroatoms. The summed E-state index contributed by atoms with van der Waals surface area (Å²) in [7, 11) is 0. The SMILES string of the molecule is CC(C)(C)C(NC(=O)C(NC(=O)c1cnccn1)C1CCCCC1)C(=O)N1CC2C(C1C(=O)NC(CC1CCC1)C(=O)C(=O)NC1CC1)C2(C)C. The summed E-state index contributed by atoms with van der Waals surface area (Å²) in [4.78, 5) is 92.2. The van der Waals surface area contributed by atoms with E-state index in [1.807, 2.05) is 20.8 Å². The Morgan fingerprint density at radius 3 is 2.20 bits per heavy atom. The fraction of sp³-hybridized carbons (Fsp3) is 0.737. The number of carbonyl (C=O) groups is 6. The van der Waals surface area contributed by atoms with Gasteiger partial charge in [-0.25, -0.2) is 4.98 Å². The number of fused-ring (bicyclic) bond motifs is 1. The van der Waals surface area contributed by atoms with Gasteiger partial charge in [-0.15, -0.1) is 0 Å². The fourth-order valence-electron chi connectivity index (χ4n) is 8.55. The quantitative estimate of drug-likeness (QED) is 0.226. The van der Waals surface area contributed by atoms with E-state index in [-0.39, 0.29) is 46.7 Å². The van der Waals surface area contributed by atoms with Crippen LogP contribution in [0.1, 0.15) is 116 Å². The number of aromatic nitrogens is 2. The van der Waals surface area contributed by atoms with E-state index in [1.54, 1.807) is 4.90 Å². The zero-order valence-electron chi connectivity index (χ0n) is 30.7. The minimum Gasteiger partial charge on any atom is -0.347 e. The first-order valence-electron chi connectivity index (χ1n) is 19.0. The Bertz CT molecular complexity index is 1510. The maximum Gasteiger partial charge on any atom is 0.289 e. The number of likely N-dealkylation sites (tertiary alicyclic amines) is 1. The lowest BCUT2D eigenvalue weighted by Gasteiger charge is -2.39. The van der Waals surface area contributed by atoms with Gasteiger partial charge in [-0.1, -0.05) is 73.1 Å². The van der Waals surface area contributed by atoms with Gasteiger partial charge >= 0.3 is 0 Å². The summed E-state index contributed by atoms with van der Waals surface area (Å²) in [6.45, 7) is 10.1. The lowest BCUT2D eigenvalue weighted by molar-refractivity contribution is -0.147. The number of nitrogens with one attached hydrogen (secondary N) is 4. The summed E-state index contributed by atoms with van der Waals surface area (Å²) in [5.41, 5.74) is -0.833. The molecule has 0 aromatic carbocycles. The average molecular weight is 706 g/mol. The number of nitrogens with zero attached hydrogens (tertiary/aromatic N) is 3. The van der Waals surface area contributed by atoms with Gasteiger partial charge in [0.1, 0.15) is 23.8 Å². The molecule has 1 aromatic heterocycles. The van der Waals surface area contributed by atoms with Crippen LogP contribution < -0.4 is 21.3 Å².